The molecule has 26 heavy (non-hydrogen) atoms. The van der Waals surface area contributed by atoms with Crippen LogP contribution in [0.4, 0.5) is 4.39 Å². The molecule has 0 atom stereocenters. The Kier molecular flexibility index (Phi) is 5.80. The van der Waals surface area contributed by atoms with Crippen LogP contribution >= 0.6 is 0 Å². The molecule has 3 aromatic rings. The first kappa shape index (κ1) is 17.9. The molecule has 3 heteroatoms. The van der Waals surface area contributed by atoms with Gasteiger partial charge in [0.2, 0.25) is 0 Å². The van der Waals surface area contributed by atoms with Gasteiger partial charge in [-0.05, 0) is 72.2 Å². The Morgan fingerprint density at radius 3 is 1.27 bits per heavy atom. The lowest BCUT2D eigenvalue weighted by Gasteiger charge is -2.06. The van der Waals surface area contributed by atoms with E-state index in [1.54, 1.807) is 12.1 Å². The summed E-state index contributed by atoms with van der Waals surface area (Å²) in [5, 5.41) is 8.92. The second-order valence-corrected chi connectivity index (χ2v) is 6.45. The molecule has 3 aromatic carbocycles. The molecular weight excluding hydrogens is 327 g/mol. The molecule has 0 heterocycles. The molecule has 0 aromatic heterocycles. The van der Waals surface area contributed by atoms with E-state index >= 15 is 0 Å². The van der Waals surface area contributed by atoms with Crippen LogP contribution in [0.2, 0.25) is 0 Å². The zero-order valence-electron chi connectivity index (χ0n) is 14.5. The van der Waals surface area contributed by atoms with Crippen molar-refractivity contribution >= 4 is 5.97 Å². The van der Waals surface area contributed by atoms with E-state index in [4.69, 9.17) is 5.11 Å². The third-order valence-corrected chi connectivity index (χ3v) is 4.54. The van der Waals surface area contributed by atoms with Gasteiger partial charge < -0.3 is 5.11 Å². The first-order valence-corrected chi connectivity index (χ1v) is 8.75. The van der Waals surface area contributed by atoms with Crippen molar-refractivity contribution in [1.29, 1.82) is 0 Å². The molecule has 0 bridgehead atoms. The number of aromatic carboxylic acids is 1. The van der Waals surface area contributed by atoms with Gasteiger partial charge in [-0.2, -0.15) is 0 Å². The maximum atomic E-state index is 12.9. The highest BCUT2D eigenvalue weighted by Crippen LogP contribution is 2.13. The normalized spacial score (nSPS) is 10.7. The van der Waals surface area contributed by atoms with Crippen molar-refractivity contribution in [3.63, 3.8) is 0 Å². The average Bonchev–Trinajstić information content (AvgIpc) is 2.67. The van der Waals surface area contributed by atoms with Crippen LogP contribution in [0.25, 0.3) is 0 Å². The Hall–Kier alpha value is -2.94. The highest BCUT2D eigenvalue weighted by atomic mass is 19.1. The molecular formula is C23H21FO2. The summed E-state index contributed by atoms with van der Waals surface area (Å²) in [6, 6.07) is 22.3. The van der Waals surface area contributed by atoms with Gasteiger partial charge in [0.25, 0.3) is 0 Å². The van der Waals surface area contributed by atoms with E-state index in [2.05, 4.69) is 24.3 Å². The number of rotatable bonds is 7. The number of halogens is 1. The van der Waals surface area contributed by atoms with Gasteiger partial charge in [-0.1, -0.05) is 48.5 Å². The molecule has 1 N–H and O–H groups in total. The molecule has 0 amide bonds. The van der Waals surface area contributed by atoms with Crippen molar-refractivity contribution < 1.29 is 14.3 Å². The summed E-state index contributed by atoms with van der Waals surface area (Å²) in [5.74, 6) is -1.09. The third kappa shape index (κ3) is 5.03. The topological polar surface area (TPSA) is 37.3 Å². The van der Waals surface area contributed by atoms with Crippen LogP contribution < -0.4 is 0 Å². The number of carboxylic acids is 1. The van der Waals surface area contributed by atoms with E-state index in [1.807, 2.05) is 24.3 Å². The number of benzene rings is 3. The second kappa shape index (κ2) is 8.43. The van der Waals surface area contributed by atoms with Crippen LogP contribution in [0.5, 0.6) is 0 Å². The Bertz CT molecular complexity index is 850. The van der Waals surface area contributed by atoms with Gasteiger partial charge in [-0.3, -0.25) is 0 Å². The van der Waals surface area contributed by atoms with Crippen LogP contribution in [0, 0.1) is 5.82 Å². The van der Waals surface area contributed by atoms with Crippen LogP contribution in [0.3, 0.4) is 0 Å². The van der Waals surface area contributed by atoms with E-state index in [0.717, 1.165) is 36.8 Å². The average molecular weight is 348 g/mol. The summed E-state index contributed by atoms with van der Waals surface area (Å²) in [5.41, 5.74) is 5.12. The molecule has 0 aliphatic heterocycles. The zero-order valence-corrected chi connectivity index (χ0v) is 14.5. The van der Waals surface area contributed by atoms with Crippen LogP contribution in [0.1, 0.15) is 32.6 Å². The molecule has 0 aliphatic rings. The first-order chi connectivity index (χ1) is 12.6. The van der Waals surface area contributed by atoms with Crippen molar-refractivity contribution in [3.8, 4) is 0 Å². The van der Waals surface area contributed by atoms with E-state index in [0.29, 0.717) is 5.56 Å². The SMILES string of the molecule is O=C(O)c1ccc(CCc2ccc(CCc3ccc(F)cc3)cc2)cc1. The van der Waals surface area contributed by atoms with E-state index in [1.165, 1.54) is 23.3 Å². The lowest BCUT2D eigenvalue weighted by Crippen LogP contribution is -1.97. The Labute approximate surface area is 152 Å². The summed E-state index contributed by atoms with van der Waals surface area (Å²) in [4.78, 5) is 10.9. The van der Waals surface area contributed by atoms with Crippen molar-refractivity contribution in [2.45, 2.75) is 25.7 Å². The third-order valence-electron chi connectivity index (χ3n) is 4.54. The number of carboxylic acid groups (broad SMARTS) is 1. The molecule has 0 saturated carbocycles. The number of aryl methyl sites for hydroxylation is 4. The molecule has 0 fully saturated rings. The highest BCUT2D eigenvalue weighted by Gasteiger charge is 2.03. The number of hydrogen-bond acceptors (Lipinski definition) is 1. The maximum absolute atomic E-state index is 12.9. The molecule has 2 nitrogen and oxygen atoms in total. The van der Waals surface area contributed by atoms with Crippen molar-refractivity contribution in [3.05, 3.63) is 106 Å². The van der Waals surface area contributed by atoms with Gasteiger partial charge >= 0.3 is 5.97 Å². The van der Waals surface area contributed by atoms with E-state index < -0.39 is 5.97 Å². The fraction of sp³-hybridized carbons (Fsp3) is 0.174. The summed E-state index contributed by atoms with van der Waals surface area (Å²) < 4.78 is 12.9. The predicted octanol–water partition coefficient (Wildman–Crippen LogP) is 5.09. The largest absolute Gasteiger partial charge is 0.478 e. The van der Waals surface area contributed by atoms with Crippen molar-refractivity contribution in [2.75, 3.05) is 0 Å². The van der Waals surface area contributed by atoms with Crippen LogP contribution in [0.15, 0.2) is 72.8 Å². The fourth-order valence-corrected chi connectivity index (χ4v) is 2.92. The van der Waals surface area contributed by atoms with Gasteiger partial charge in [0.15, 0.2) is 0 Å². The molecule has 0 saturated heterocycles. The van der Waals surface area contributed by atoms with Gasteiger partial charge in [0.05, 0.1) is 5.56 Å². The Morgan fingerprint density at radius 2 is 0.923 bits per heavy atom. The second-order valence-electron chi connectivity index (χ2n) is 6.45. The molecule has 0 unspecified atom stereocenters. The minimum atomic E-state index is -0.896. The van der Waals surface area contributed by atoms with Gasteiger partial charge in [0, 0.05) is 0 Å². The van der Waals surface area contributed by atoms with Gasteiger partial charge in [-0.15, -0.1) is 0 Å². The predicted molar refractivity (Wildman–Crippen MR) is 101 cm³/mol. The first-order valence-electron chi connectivity index (χ1n) is 8.75. The minimum absolute atomic E-state index is 0.198. The molecule has 3 rings (SSSR count). The maximum Gasteiger partial charge on any atom is 0.335 e. The highest BCUT2D eigenvalue weighted by molar-refractivity contribution is 5.87. The summed E-state index contributed by atoms with van der Waals surface area (Å²) >= 11 is 0. The minimum Gasteiger partial charge on any atom is -0.478 e. The monoisotopic (exact) mass is 348 g/mol. The van der Waals surface area contributed by atoms with E-state index in [9.17, 15) is 9.18 Å². The quantitative estimate of drug-likeness (QED) is 0.645. The van der Waals surface area contributed by atoms with Gasteiger partial charge in [-0.25, -0.2) is 9.18 Å². The Balaban J connectivity index is 1.50. The van der Waals surface area contributed by atoms with Gasteiger partial charge in [0.1, 0.15) is 5.82 Å². The lowest BCUT2D eigenvalue weighted by atomic mass is 10.00. The smallest absolute Gasteiger partial charge is 0.335 e. The van der Waals surface area contributed by atoms with Crippen LogP contribution in [-0.2, 0) is 25.7 Å². The standard InChI is InChI=1S/C23H21FO2/c24-22-15-11-20(12-16-22)8-6-18-3-1-17(2-4-18)5-7-19-9-13-21(14-10-19)23(25)26/h1-4,9-16H,5-8H2,(H,25,26). The van der Waals surface area contributed by atoms with Crippen molar-refractivity contribution in [2.24, 2.45) is 0 Å². The lowest BCUT2D eigenvalue weighted by molar-refractivity contribution is 0.0697. The van der Waals surface area contributed by atoms with Crippen molar-refractivity contribution in [1.82, 2.24) is 0 Å². The Morgan fingerprint density at radius 1 is 0.615 bits per heavy atom. The van der Waals surface area contributed by atoms with E-state index in [-0.39, 0.29) is 5.82 Å². The zero-order chi connectivity index (χ0) is 18.4. The molecule has 0 spiro atoms. The van der Waals surface area contributed by atoms with Crippen LogP contribution in [-0.4, -0.2) is 11.1 Å². The summed E-state index contributed by atoms with van der Waals surface area (Å²) in [6.07, 6.45) is 3.64. The number of carbonyl (C=O) groups is 1. The number of hydrogen-bond donors (Lipinski definition) is 1. The summed E-state index contributed by atoms with van der Waals surface area (Å²) in [6.45, 7) is 0. The molecule has 132 valence electrons. The molecule has 0 aliphatic carbocycles. The summed E-state index contributed by atoms with van der Waals surface area (Å²) in [7, 11) is 0. The molecule has 0 radical (unpaired) electrons. The fourth-order valence-electron chi connectivity index (χ4n) is 2.92.